The van der Waals surface area contributed by atoms with Gasteiger partial charge in [-0.15, -0.1) is 0 Å². The van der Waals surface area contributed by atoms with E-state index in [4.69, 9.17) is 13.8 Å². The second-order valence-corrected chi connectivity index (χ2v) is 15.8. The Balaban J connectivity index is 1.46. The van der Waals surface area contributed by atoms with Crippen molar-refractivity contribution in [1.82, 2.24) is 24.8 Å². The molecule has 1 aliphatic heterocycles. The normalized spacial score (nSPS) is 19.0. The number of aromatic nitrogens is 4. The standard InChI is InChI=1S/C37H45N7O4S/c1-24-10-7-11-25(2)34(24)31-19-33-41-36(40-31)42-49(46,47)30-15-8-12-26(18-30)35(45)44(29(23-48-33)16-17-37(3,4)5)22-27-20-38-21-32(39-27)43(6)28-13-9-14-28/h7-8,10-12,15,18-21,28-29H,9,13-14,16-17,22-23H2,1-6H3,(H,40,41,42)/t29-/m1/s1/i6D3. The number of carbonyl (C=O) groups is 1. The fourth-order valence-electron chi connectivity index (χ4n) is 6.10. The van der Waals surface area contributed by atoms with Gasteiger partial charge >= 0.3 is 0 Å². The van der Waals surface area contributed by atoms with E-state index < -0.39 is 28.9 Å². The Morgan fingerprint density at radius 1 is 1.04 bits per heavy atom. The highest BCUT2D eigenvalue weighted by Crippen LogP contribution is 2.32. The Morgan fingerprint density at radius 2 is 1.80 bits per heavy atom. The third-order valence-corrected chi connectivity index (χ3v) is 10.4. The molecule has 3 heterocycles. The molecule has 2 aromatic heterocycles. The summed E-state index contributed by atoms with van der Waals surface area (Å²) in [6.45, 7) is 7.83. The van der Waals surface area contributed by atoms with Crippen LogP contribution in [-0.4, -0.2) is 64.8 Å². The Labute approximate surface area is 293 Å². The van der Waals surface area contributed by atoms with Crippen LogP contribution in [0, 0.1) is 19.3 Å². The van der Waals surface area contributed by atoms with Gasteiger partial charge in [-0.25, -0.2) is 23.1 Å². The number of nitrogens with zero attached hydrogens (tertiary/aromatic N) is 6. The molecule has 4 bridgehead atoms. The number of fused-ring (bicyclic) bond motifs is 4. The fourth-order valence-corrected chi connectivity index (χ4v) is 7.09. The lowest BCUT2D eigenvalue weighted by Crippen LogP contribution is -2.44. The molecule has 1 amide bonds. The second-order valence-electron chi connectivity index (χ2n) is 14.1. The highest BCUT2D eigenvalue weighted by molar-refractivity contribution is 7.92. The van der Waals surface area contributed by atoms with Crippen LogP contribution in [0.15, 0.2) is 65.8 Å². The van der Waals surface area contributed by atoms with Gasteiger partial charge in [-0.05, 0) is 80.7 Å². The molecule has 11 nitrogen and oxygen atoms in total. The van der Waals surface area contributed by atoms with Crippen molar-refractivity contribution in [3.05, 3.63) is 83.3 Å². The molecule has 1 aliphatic carbocycles. The van der Waals surface area contributed by atoms with Gasteiger partial charge in [0.1, 0.15) is 12.4 Å². The van der Waals surface area contributed by atoms with E-state index >= 15 is 0 Å². The maximum atomic E-state index is 14.6. The van der Waals surface area contributed by atoms with E-state index in [2.05, 4.69) is 40.4 Å². The Hall–Kier alpha value is -4.58. The number of anilines is 2. The number of aryl methyl sites for hydroxylation is 2. The summed E-state index contributed by atoms with van der Waals surface area (Å²) in [6.07, 6.45) is 6.64. The first kappa shape index (κ1) is 30.5. The zero-order valence-corrected chi connectivity index (χ0v) is 29.4. The zero-order chi connectivity index (χ0) is 37.4. The third-order valence-electron chi connectivity index (χ3n) is 9.10. The molecule has 12 heteroatoms. The summed E-state index contributed by atoms with van der Waals surface area (Å²) in [5.74, 6) is -0.243. The Bertz CT molecular complexity index is 2050. The number of nitrogens with one attached hydrogen (secondary N) is 1. The fraction of sp³-hybridized carbons (Fsp3) is 0.432. The summed E-state index contributed by atoms with van der Waals surface area (Å²) in [5, 5.41) is 0. The number of amides is 1. The van der Waals surface area contributed by atoms with Crippen LogP contribution >= 0.6 is 0 Å². The summed E-state index contributed by atoms with van der Waals surface area (Å²) in [6, 6.07) is 12.7. The monoisotopic (exact) mass is 686 g/mol. The average Bonchev–Trinajstić information content (AvgIpc) is 3.04. The van der Waals surface area contributed by atoms with Crippen LogP contribution in [0.25, 0.3) is 11.3 Å². The molecule has 1 atom stereocenters. The van der Waals surface area contributed by atoms with Crippen molar-refractivity contribution in [2.45, 2.75) is 90.2 Å². The van der Waals surface area contributed by atoms with Gasteiger partial charge in [0, 0.05) is 34.3 Å². The van der Waals surface area contributed by atoms with E-state index in [1.165, 1.54) is 35.5 Å². The topological polar surface area (TPSA) is 131 Å². The summed E-state index contributed by atoms with van der Waals surface area (Å²) in [4.78, 5) is 35.6. The van der Waals surface area contributed by atoms with Gasteiger partial charge in [0.2, 0.25) is 11.8 Å². The van der Waals surface area contributed by atoms with Crippen LogP contribution in [0.2, 0.25) is 0 Å². The molecule has 1 saturated carbocycles. The largest absolute Gasteiger partial charge is 0.475 e. The SMILES string of the molecule is [2H]C([2H])([2H])N(c1cncc(CN2C(=O)c3cccc(c3)S(=O)(=O)Nc3nc(cc(-c4c(C)cccc4C)n3)OC[C@H]2CCC(C)(C)C)n1)C1CCC1. The van der Waals surface area contributed by atoms with Gasteiger partial charge in [-0.2, -0.15) is 4.98 Å². The number of sulfonamides is 1. The smallest absolute Gasteiger partial charge is 0.264 e. The molecule has 0 spiro atoms. The first-order chi connectivity index (χ1) is 24.5. The van der Waals surface area contributed by atoms with Crippen molar-refractivity contribution in [2.24, 2.45) is 5.41 Å². The van der Waals surface area contributed by atoms with E-state index in [-0.39, 0.29) is 52.7 Å². The molecule has 1 fully saturated rings. The van der Waals surface area contributed by atoms with E-state index in [9.17, 15) is 13.2 Å². The molecule has 1 N–H and O–H groups in total. The van der Waals surface area contributed by atoms with Gasteiger partial charge in [0.05, 0.1) is 41.3 Å². The van der Waals surface area contributed by atoms with E-state index in [1.54, 1.807) is 17.0 Å². The van der Waals surface area contributed by atoms with Crippen molar-refractivity contribution in [3.63, 3.8) is 0 Å². The molecule has 2 aromatic carbocycles. The molecular weight excluding hydrogens is 639 g/mol. The maximum Gasteiger partial charge on any atom is 0.264 e. The van der Waals surface area contributed by atoms with Gasteiger partial charge < -0.3 is 14.5 Å². The minimum atomic E-state index is -4.24. The highest BCUT2D eigenvalue weighted by atomic mass is 32.2. The van der Waals surface area contributed by atoms with Crippen LogP contribution in [0.5, 0.6) is 5.88 Å². The predicted octanol–water partition coefficient (Wildman–Crippen LogP) is 6.57. The number of rotatable bonds is 7. The van der Waals surface area contributed by atoms with E-state index in [1.807, 2.05) is 32.0 Å². The summed E-state index contributed by atoms with van der Waals surface area (Å²) < 4.78 is 61.0. The molecule has 2 aliphatic rings. The Kier molecular flexibility index (Phi) is 8.54. The molecule has 4 aromatic rings. The number of hydrogen-bond acceptors (Lipinski definition) is 9. The predicted molar refractivity (Wildman–Crippen MR) is 190 cm³/mol. The van der Waals surface area contributed by atoms with Crippen molar-refractivity contribution in [2.75, 3.05) is 23.2 Å². The zero-order valence-electron chi connectivity index (χ0n) is 31.6. The van der Waals surface area contributed by atoms with Crippen molar-refractivity contribution >= 4 is 27.7 Å². The third kappa shape index (κ3) is 7.85. The minimum Gasteiger partial charge on any atom is -0.475 e. The lowest BCUT2D eigenvalue weighted by Gasteiger charge is -2.36. The van der Waals surface area contributed by atoms with Crippen molar-refractivity contribution in [3.8, 4) is 17.1 Å². The molecule has 6 rings (SSSR count). The minimum absolute atomic E-state index is 0.0213. The van der Waals surface area contributed by atoms with Gasteiger partial charge in [0.15, 0.2) is 0 Å². The number of ether oxygens (including phenoxy) is 1. The molecule has 0 radical (unpaired) electrons. The second kappa shape index (κ2) is 13.7. The van der Waals surface area contributed by atoms with Gasteiger partial charge in [-0.3, -0.25) is 9.78 Å². The maximum absolute atomic E-state index is 14.6. The van der Waals surface area contributed by atoms with Crippen LogP contribution in [-0.2, 0) is 16.6 Å². The highest BCUT2D eigenvalue weighted by Gasteiger charge is 2.31. The molecule has 49 heavy (non-hydrogen) atoms. The molecule has 0 unspecified atom stereocenters. The van der Waals surface area contributed by atoms with Crippen LogP contribution in [0.1, 0.15) is 84.2 Å². The van der Waals surface area contributed by atoms with Gasteiger partial charge in [0.25, 0.3) is 15.9 Å². The first-order valence-electron chi connectivity index (χ1n) is 18.1. The lowest BCUT2D eigenvalue weighted by molar-refractivity contribution is 0.0549. The van der Waals surface area contributed by atoms with Gasteiger partial charge in [-0.1, -0.05) is 45.0 Å². The molecule has 258 valence electrons. The summed E-state index contributed by atoms with van der Waals surface area (Å²) in [5.41, 5.74) is 3.65. The van der Waals surface area contributed by atoms with Crippen molar-refractivity contribution < 1.29 is 22.1 Å². The van der Waals surface area contributed by atoms with Crippen LogP contribution in [0.4, 0.5) is 11.8 Å². The Morgan fingerprint density at radius 3 is 2.49 bits per heavy atom. The van der Waals surface area contributed by atoms with E-state index in [0.29, 0.717) is 17.8 Å². The first-order valence-corrected chi connectivity index (χ1v) is 18.1. The number of hydrogen-bond donors (Lipinski definition) is 1. The van der Waals surface area contributed by atoms with Crippen molar-refractivity contribution in [1.29, 1.82) is 0 Å². The molecule has 0 saturated heterocycles. The lowest BCUT2D eigenvalue weighted by atomic mass is 9.88. The number of carbonyl (C=O) groups excluding carboxylic acids is 1. The van der Waals surface area contributed by atoms with Crippen LogP contribution < -0.4 is 14.4 Å². The summed E-state index contributed by atoms with van der Waals surface area (Å²) >= 11 is 0. The number of benzene rings is 2. The quantitative estimate of drug-likeness (QED) is 0.229. The summed E-state index contributed by atoms with van der Waals surface area (Å²) in [7, 11) is -4.24. The van der Waals surface area contributed by atoms with Crippen LogP contribution in [0.3, 0.4) is 0 Å². The van der Waals surface area contributed by atoms with E-state index in [0.717, 1.165) is 42.4 Å². The average molecular weight is 687 g/mol. The molecular formula is C37H45N7O4S.